The molecule has 1 saturated carbocycles. The van der Waals surface area contributed by atoms with Crippen LogP contribution in [0.4, 0.5) is 10.5 Å². The van der Waals surface area contributed by atoms with Gasteiger partial charge in [-0.3, -0.25) is 4.90 Å². The van der Waals surface area contributed by atoms with Crippen LogP contribution in [0, 0.1) is 0 Å². The molecule has 1 atom stereocenters. The van der Waals surface area contributed by atoms with Gasteiger partial charge in [0.1, 0.15) is 0 Å². The molecule has 1 fully saturated rings. The van der Waals surface area contributed by atoms with E-state index in [1.165, 1.54) is 18.4 Å². The van der Waals surface area contributed by atoms with Crippen LogP contribution < -0.4 is 10.2 Å². The fourth-order valence-corrected chi connectivity index (χ4v) is 3.19. The van der Waals surface area contributed by atoms with Crippen LogP contribution in [-0.4, -0.2) is 18.1 Å². The number of carbonyl (C=O) groups is 1. The average molecular weight is 244 g/mol. The van der Waals surface area contributed by atoms with Crippen LogP contribution in [0.25, 0.3) is 0 Å². The first-order valence-corrected chi connectivity index (χ1v) is 6.93. The Morgan fingerprint density at radius 3 is 2.78 bits per heavy atom. The van der Waals surface area contributed by atoms with E-state index in [4.69, 9.17) is 0 Å². The number of amides is 2. The monoisotopic (exact) mass is 244 g/mol. The Morgan fingerprint density at radius 1 is 1.28 bits per heavy atom. The minimum atomic E-state index is 0.0827. The van der Waals surface area contributed by atoms with Crippen molar-refractivity contribution in [3.05, 3.63) is 29.8 Å². The van der Waals surface area contributed by atoms with Gasteiger partial charge in [-0.05, 0) is 37.8 Å². The standard InChI is InChI=1S/C15H20N2O/c1-11-10-12-6-2-5-9-14(12)17(11)15(18)16-13-7-3-4-8-13/h2,5-6,9,11,13H,3-4,7-8,10H2,1H3,(H,16,18)/t11-/m1/s1. The van der Waals surface area contributed by atoms with Crippen molar-refractivity contribution < 1.29 is 4.79 Å². The van der Waals surface area contributed by atoms with E-state index in [1.54, 1.807) is 0 Å². The van der Waals surface area contributed by atoms with Gasteiger partial charge in [-0.15, -0.1) is 0 Å². The van der Waals surface area contributed by atoms with Gasteiger partial charge in [0, 0.05) is 17.8 Å². The van der Waals surface area contributed by atoms with Crippen LogP contribution in [0.3, 0.4) is 0 Å². The Kier molecular flexibility index (Phi) is 2.98. The van der Waals surface area contributed by atoms with E-state index in [2.05, 4.69) is 18.3 Å². The van der Waals surface area contributed by atoms with Gasteiger partial charge in [0.2, 0.25) is 0 Å². The van der Waals surface area contributed by atoms with Gasteiger partial charge in [-0.2, -0.15) is 0 Å². The molecule has 3 nitrogen and oxygen atoms in total. The maximum atomic E-state index is 12.4. The van der Waals surface area contributed by atoms with Crippen molar-refractivity contribution in [2.75, 3.05) is 4.90 Å². The molecule has 1 heterocycles. The zero-order valence-corrected chi connectivity index (χ0v) is 10.9. The molecule has 3 rings (SSSR count). The second-order valence-corrected chi connectivity index (χ2v) is 5.48. The van der Waals surface area contributed by atoms with Crippen molar-refractivity contribution in [3.8, 4) is 0 Å². The lowest BCUT2D eigenvalue weighted by atomic mass is 10.1. The second-order valence-electron chi connectivity index (χ2n) is 5.48. The molecule has 0 spiro atoms. The van der Waals surface area contributed by atoms with Crippen molar-refractivity contribution in [2.45, 2.75) is 51.1 Å². The van der Waals surface area contributed by atoms with Crippen LogP contribution in [-0.2, 0) is 6.42 Å². The molecule has 3 heteroatoms. The number of para-hydroxylation sites is 1. The highest BCUT2D eigenvalue weighted by Crippen LogP contribution is 2.32. The Balaban J connectivity index is 1.77. The van der Waals surface area contributed by atoms with Gasteiger partial charge in [-0.25, -0.2) is 4.79 Å². The van der Waals surface area contributed by atoms with Gasteiger partial charge in [0.05, 0.1) is 0 Å². The lowest BCUT2D eigenvalue weighted by Crippen LogP contribution is -2.46. The summed E-state index contributed by atoms with van der Waals surface area (Å²) in [5, 5.41) is 3.18. The second kappa shape index (κ2) is 4.63. The SMILES string of the molecule is C[C@@H]1Cc2ccccc2N1C(=O)NC1CCCC1. The van der Waals surface area contributed by atoms with Crippen molar-refractivity contribution in [1.82, 2.24) is 5.32 Å². The highest BCUT2D eigenvalue weighted by molar-refractivity contribution is 5.95. The summed E-state index contributed by atoms with van der Waals surface area (Å²) in [5.74, 6) is 0. The minimum absolute atomic E-state index is 0.0827. The highest BCUT2D eigenvalue weighted by Gasteiger charge is 2.31. The number of carbonyl (C=O) groups excluding carboxylic acids is 1. The van der Waals surface area contributed by atoms with Crippen molar-refractivity contribution in [3.63, 3.8) is 0 Å². The summed E-state index contributed by atoms with van der Waals surface area (Å²) in [7, 11) is 0. The van der Waals surface area contributed by atoms with E-state index in [0.29, 0.717) is 6.04 Å². The molecule has 0 radical (unpaired) electrons. The van der Waals surface area contributed by atoms with Crippen molar-refractivity contribution in [2.24, 2.45) is 0 Å². The van der Waals surface area contributed by atoms with E-state index in [0.717, 1.165) is 24.9 Å². The number of benzene rings is 1. The number of hydrogen-bond donors (Lipinski definition) is 1. The Morgan fingerprint density at radius 2 is 2.00 bits per heavy atom. The highest BCUT2D eigenvalue weighted by atomic mass is 16.2. The van der Waals surface area contributed by atoms with Crippen LogP contribution in [0.2, 0.25) is 0 Å². The molecule has 2 amide bonds. The first kappa shape index (κ1) is 11.6. The van der Waals surface area contributed by atoms with Crippen LogP contribution in [0.1, 0.15) is 38.2 Å². The quantitative estimate of drug-likeness (QED) is 0.809. The normalized spacial score (nSPS) is 23.2. The Hall–Kier alpha value is -1.51. The average Bonchev–Trinajstić information content (AvgIpc) is 2.94. The molecule has 2 aliphatic rings. The van der Waals surface area contributed by atoms with Crippen molar-refractivity contribution >= 4 is 11.7 Å². The molecular formula is C15H20N2O. The third-order valence-electron chi connectivity index (χ3n) is 4.11. The van der Waals surface area contributed by atoms with Crippen LogP contribution in [0.15, 0.2) is 24.3 Å². The zero-order chi connectivity index (χ0) is 12.5. The molecular weight excluding hydrogens is 224 g/mol. The summed E-state index contributed by atoms with van der Waals surface area (Å²) < 4.78 is 0. The number of urea groups is 1. The predicted octanol–water partition coefficient (Wildman–Crippen LogP) is 3.09. The first-order valence-electron chi connectivity index (χ1n) is 6.93. The maximum Gasteiger partial charge on any atom is 0.322 e. The fraction of sp³-hybridized carbons (Fsp3) is 0.533. The third-order valence-corrected chi connectivity index (χ3v) is 4.11. The smallest absolute Gasteiger partial charge is 0.322 e. The van der Waals surface area contributed by atoms with Gasteiger partial charge >= 0.3 is 6.03 Å². The molecule has 18 heavy (non-hydrogen) atoms. The van der Waals surface area contributed by atoms with E-state index >= 15 is 0 Å². The Labute approximate surface area is 108 Å². The number of hydrogen-bond acceptors (Lipinski definition) is 1. The summed E-state index contributed by atoms with van der Waals surface area (Å²) in [6, 6.07) is 8.96. The van der Waals surface area contributed by atoms with Crippen molar-refractivity contribution in [1.29, 1.82) is 0 Å². The molecule has 0 bridgehead atoms. The summed E-state index contributed by atoms with van der Waals surface area (Å²) in [5.41, 5.74) is 2.37. The first-order chi connectivity index (χ1) is 8.75. The van der Waals surface area contributed by atoms with Crippen LogP contribution in [0.5, 0.6) is 0 Å². The molecule has 0 saturated heterocycles. The summed E-state index contributed by atoms with van der Waals surface area (Å²) in [6.45, 7) is 2.12. The number of rotatable bonds is 1. The van der Waals surface area contributed by atoms with E-state index < -0.39 is 0 Å². The van der Waals surface area contributed by atoms with E-state index in [9.17, 15) is 4.79 Å². The molecule has 1 aromatic carbocycles. The molecule has 1 aliphatic carbocycles. The zero-order valence-electron chi connectivity index (χ0n) is 10.9. The van der Waals surface area contributed by atoms with Gasteiger partial charge < -0.3 is 5.32 Å². The number of nitrogens with zero attached hydrogens (tertiary/aromatic N) is 1. The molecule has 0 aromatic heterocycles. The van der Waals surface area contributed by atoms with Gasteiger partial charge in [0.25, 0.3) is 0 Å². The molecule has 1 aliphatic heterocycles. The predicted molar refractivity (Wildman–Crippen MR) is 72.9 cm³/mol. The topological polar surface area (TPSA) is 32.3 Å². The lowest BCUT2D eigenvalue weighted by molar-refractivity contribution is 0.241. The van der Waals surface area contributed by atoms with E-state index in [1.807, 2.05) is 23.1 Å². The summed E-state index contributed by atoms with van der Waals surface area (Å²) in [6.07, 6.45) is 5.73. The van der Waals surface area contributed by atoms with Gasteiger partial charge in [0.15, 0.2) is 0 Å². The fourth-order valence-electron chi connectivity index (χ4n) is 3.19. The molecule has 1 N–H and O–H groups in total. The summed E-state index contributed by atoms with van der Waals surface area (Å²) >= 11 is 0. The molecule has 96 valence electrons. The molecule has 1 aromatic rings. The van der Waals surface area contributed by atoms with E-state index in [-0.39, 0.29) is 12.1 Å². The molecule has 0 unspecified atom stereocenters. The minimum Gasteiger partial charge on any atom is -0.335 e. The number of fused-ring (bicyclic) bond motifs is 1. The van der Waals surface area contributed by atoms with Crippen LogP contribution >= 0.6 is 0 Å². The largest absolute Gasteiger partial charge is 0.335 e. The number of anilines is 1. The lowest BCUT2D eigenvalue weighted by Gasteiger charge is -2.25. The number of nitrogens with one attached hydrogen (secondary N) is 1. The Bertz CT molecular complexity index is 452. The maximum absolute atomic E-state index is 12.4. The third kappa shape index (κ3) is 1.98. The van der Waals surface area contributed by atoms with Gasteiger partial charge in [-0.1, -0.05) is 31.0 Å². The summed E-state index contributed by atoms with van der Waals surface area (Å²) in [4.78, 5) is 14.3.